The molecule has 0 radical (unpaired) electrons. The van der Waals surface area contributed by atoms with Crippen LogP contribution in [-0.4, -0.2) is 9.55 Å². The Morgan fingerprint density at radius 3 is 2.61 bits per heavy atom. The molecule has 0 spiro atoms. The Balaban J connectivity index is 1.95. The van der Waals surface area contributed by atoms with Crippen LogP contribution in [0.1, 0.15) is 44.5 Å². The third-order valence-electron chi connectivity index (χ3n) is 4.42. The molecule has 2 aromatic rings. The van der Waals surface area contributed by atoms with E-state index in [2.05, 4.69) is 35.8 Å². The number of nitrogens with zero attached hydrogens (tertiary/aromatic N) is 2. The van der Waals surface area contributed by atoms with Crippen LogP contribution in [0, 0.1) is 5.92 Å². The van der Waals surface area contributed by atoms with Crippen molar-refractivity contribution in [2.75, 3.05) is 0 Å². The van der Waals surface area contributed by atoms with E-state index < -0.39 is 0 Å². The molecule has 0 saturated heterocycles. The summed E-state index contributed by atoms with van der Waals surface area (Å²) in [7, 11) is 0. The van der Waals surface area contributed by atoms with Gasteiger partial charge in [0.05, 0.1) is 16.6 Å². The predicted molar refractivity (Wildman–Crippen MR) is 72.3 cm³/mol. The van der Waals surface area contributed by atoms with Crippen molar-refractivity contribution in [2.45, 2.75) is 44.2 Å². The molecule has 2 aliphatic rings. The largest absolute Gasteiger partial charge is 0.323 e. The summed E-state index contributed by atoms with van der Waals surface area (Å²) < 4.78 is 2.41. The SMILES string of the molecule is CC(N)(c1nc2ccccc2n1C1CC1)C1CC1. The maximum Gasteiger partial charge on any atom is 0.130 e. The Labute approximate surface area is 107 Å². The lowest BCUT2D eigenvalue weighted by Gasteiger charge is -2.25. The molecule has 4 rings (SSSR count). The minimum absolute atomic E-state index is 0.262. The molecule has 1 atom stereocenters. The van der Waals surface area contributed by atoms with Crippen molar-refractivity contribution < 1.29 is 0 Å². The summed E-state index contributed by atoms with van der Waals surface area (Å²) in [6.45, 7) is 2.16. The zero-order valence-corrected chi connectivity index (χ0v) is 10.8. The molecule has 2 fully saturated rings. The van der Waals surface area contributed by atoms with Crippen LogP contribution in [0.15, 0.2) is 24.3 Å². The van der Waals surface area contributed by atoms with Gasteiger partial charge in [0, 0.05) is 6.04 Å². The van der Waals surface area contributed by atoms with E-state index in [0.717, 1.165) is 11.3 Å². The van der Waals surface area contributed by atoms with Gasteiger partial charge in [0.15, 0.2) is 0 Å². The molecule has 3 heteroatoms. The van der Waals surface area contributed by atoms with Crippen molar-refractivity contribution in [3.8, 4) is 0 Å². The summed E-state index contributed by atoms with van der Waals surface area (Å²) >= 11 is 0. The lowest BCUT2D eigenvalue weighted by Crippen LogP contribution is -2.38. The summed E-state index contributed by atoms with van der Waals surface area (Å²) in [5, 5.41) is 0. The summed E-state index contributed by atoms with van der Waals surface area (Å²) in [5.74, 6) is 1.72. The maximum atomic E-state index is 6.59. The van der Waals surface area contributed by atoms with Crippen LogP contribution < -0.4 is 5.73 Å². The number of nitrogens with two attached hydrogens (primary N) is 1. The zero-order chi connectivity index (χ0) is 12.3. The van der Waals surface area contributed by atoms with Crippen LogP contribution in [0.25, 0.3) is 11.0 Å². The van der Waals surface area contributed by atoms with Gasteiger partial charge in [-0.2, -0.15) is 0 Å². The van der Waals surface area contributed by atoms with Crippen LogP contribution in [0.5, 0.6) is 0 Å². The van der Waals surface area contributed by atoms with Crippen LogP contribution in [0.3, 0.4) is 0 Å². The van der Waals surface area contributed by atoms with Gasteiger partial charge in [-0.25, -0.2) is 4.98 Å². The van der Waals surface area contributed by atoms with E-state index in [0.29, 0.717) is 12.0 Å². The van der Waals surface area contributed by atoms with E-state index in [-0.39, 0.29) is 5.54 Å². The molecule has 3 nitrogen and oxygen atoms in total. The fourth-order valence-corrected chi connectivity index (χ4v) is 2.99. The molecular formula is C15H19N3. The van der Waals surface area contributed by atoms with Gasteiger partial charge in [0.1, 0.15) is 5.82 Å². The number of imidazole rings is 1. The van der Waals surface area contributed by atoms with Crippen molar-refractivity contribution in [3.63, 3.8) is 0 Å². The standard InChI is InChI=1S/C15H19N3/c1-15(16,10-6-7-10)14-17-12-4-2-3-5-13(12)18(14)11-8-9-11/h2-5,10-11H,6-9,16H2,1H3. The molecule has 1 unspecified atom stereocenters. The Morgan fingerprint density at radius 2 is 1.94 bits per heavy atom. The Bertz CT molecular complexity index is 603. The molecule has 2 saturated carbocycles. The molecule has 1 aromatic carbocycles. The van der Waals surface area contributed by atoms with Crippen molar-refractivity contribution >= 4 is 11.0 Å². The molecule has 1 heterocycles. The second kappa shape index (κ2) is 3.35. The topological polar surface area (TPSA) is 43.8 Å². The smallest absolute Gasteiger partial charge is 0.130 e. The van der Waals surface area contributed by atoms with Crippen molar-refractivity contribution in [1.82, 2.24) is 9.55 Å². The third kappa shape index (κ3) is 1.43. The number of rotatable bonds is 3. The zero-order valence-electron chi connectivity index (χ0n) is 10.8. The number of para-hydroxylation sites is 2. The second-order valence-corrected chi connectivity index (χ2v) is 6.08. The summed E-state index contributed by atoms with van der Waals surface area (Å²) in [4.78, 5) is 4.84. The van der Waals surface area contributed by atoms with Crippen LogP contribution >= 0.6 is 0 Å². The number of hydrogen-bond donors (Lipinski definition) is 1. The Hall–Kier alpha value is -1.35. The van der Waals surface area contributed by atoms with Gasteiger partial charge in [-0.05, 0) is 50.7 Å². The first kappa shape index (κ1) is 10.6. The maximum absolute atomic E-state index is 6.59. The normalized spacial score (nSPS) is 23.2. The van der Waals surface area contributed by atoms with Crippen LogP contribution in [0.2, 0.25) is 0 Å². The second-order valence-electron chi connectivity index (χ2n) is 6.08. The van der Waals surface area contributed by atoms with Gasteiger partial charge in [0.25, 0.3) is 0 Å². The van der Waals surface area contributed by atoms with Gasteiger partial charge < -0.3 is 10.3 Å². The number of benzene rings is 1. The van der Waals surface area contributed by atoms with Crippen LogP contribution in [0.4, 0.5) is 0 Å². The highest BCUT2D eigenvalue weighted by atomic mass is 15.2. The molecule has 94 valence electrons. The monoisotopic (exact) mass is 241 g/mol. The lowest BCUT2D eigenvalue weighted by atomic mass is 9.96. The number of hydrogen-bond acceptors (Lipinski definition) is 2. The molecule has 2 aliphatic carbocycles. The average molecular weight is 241 g/mol. The molecule has 0 bridgehead atoms. The highest BCUT2D eigenvalue weighted by Gasteiger charge is 2.44. The van der Waals surface area contributed by atoms with Gasteiger partial charge in [-0.3, -0.25) is 0 Å². The molecule has 2 N–H and O–H groups in total. The minimum Gasteiger partial charge on any atom is -0.323 e. The van der Waals surface area contributed by atoms with Gasteiger partial charge in [-0.1, -0.05) is 12.1 Å². The van der Waals surface area contributed by atoms with E-state index in [1.165, 1.54) is 31.2 Å². The van der Waals surface area contributed by atoms with Crippen molar-refractivity contribution in [1.29, 1.82) is 0 Å². The summed E-state index contributed by atoms with van der Waals surface area (Å²) in [6, 6.07) is 9.06. The molecular weight excluding hydrogens is 222 g/mol. The van der Waals surface area contributed by atoms with E-state index in [9.17, 15) is 0 Å². The first-order chi connectivity index (χ1) is 8.68. The molecule has 0 aliphatic heterocycles. The Kier molecular flexibility index (Phi) is 1.97. The van der Waals surface area contributed by atoms with Gasteiger partial charge >= 0.3 is 0 Å². The predicted octanol–water partition coefficient (Wildman–Crippen LogP) is 2.96. The van der Waals surface area contributed by atoms with Crippen molar-refractivity contribution in [2.24, 2.45) is 11.7 Å². The van der Waals surface area contributed by atoms with Crippen LogP contribution in [-0.2, 0) is 5.54 Å². The van der Waals surface area contributed by atoms with E-state index in [1.54, 1.807) is 0 Å². The first-order valence-electron chi connectivity index (χ1n) is 6.94. The van der Waals surface area contributed by atoms with Crippen molar-refractivity contribution in [3.05, 3.63) is 30.1 Å². The summed E-state index contributed by atoms with van der Waals surface area (Å²) in [6.07, 6.45) is 5.05. The van der Waals surface area contributed by atoms with Gasteiger partial charge in [-0.15, -0.1) is 0 Å². The van der Waals surface area contributed by atoms with E-state index >= 15 is 0 Å². The molecule has 0 amide bonds. The lowest BCUT2D eigenvalue weighted by molar-refractivity contribution is 0.383. The molecule has 18 heavy (non-hydrogen) atoms. The summed E-state index contributed by atoms with van der Waals surface area (Å²) in [5.41, 5.74) is 8.68. The van der Waals surface area contributed by atoms with Gasteiger partial charge in [0.2, 0.25) is 0 Å². The first-order valence-corrected chi connectivity index (χ1v) is 6.94. The fourth-order valence-electron chi connectivity index (χ4n) is 2.99. The third-order valence-corrected chi connectivity index (χ3v) is 4.42. The Morgan fingerprint density at radius 1 is 1.22 bits per heavy atom. The highest BCUT2D eigenvalue weighted by Crippen LogP contribution is 2.47. The fraction of sp³-hybridized carbons (Fsp3) is 0.533. The number of aromatic nitrogens is 2. The van der Waals surface area contributed by atoms with E-state index in [1.807, 2.05) is 0 Å². The highest BCUT2D eigenvalue weighted by molar-refractivity contribution is 5.76. The number of fused-ring (bicyclic) bond motifs is 1. The van der Waals surface area contributed by atoms with E-state index in [4.69, 9.17) is 10.7 Å². The average Bonchev–Trinajstić information content (AvgIpc) is 3.23. The quantitative estimate of drug-likeness (QED) is 0.897. The minimum atomic E-state index is -0.262. The molecule has 1 aromatic heterocycles.